The molecule has 2 unspecified atom stereocenters. The number of carbonyl (C=O) groups excluding carboxylic acids is 2. The first-order chi connectivity index (χ1) is 15.2. The average molecular weight is 493 g/mol. The van der Waals surface area contributed by atoms with Gasteiger partial charge in [0.2, 0.25) is 0 Å². The Morgan fingerprint density at radius 3 is 2.18 bits per heavy atom. The third-order valence-corrected chi connectivity index (χ3v) is 5.17. The van der Waals surface area contributed by atoms with E-state index in [1.165, 1.54) is 37.3 Å². The summed E-state index contributed by atoms with van der Waals surface area (Å²) in [4.78, 5) is 23.7. The summed E-state index contributed by atoms with van der Waals surface area (Å²) in [5.41, 5.74) is -2.19. The van der Waals surface area contributed by atoms with Crippen LogP contribution in [0.2, 0.25) is 5.02 Å². The minimum absolute atomic E-state index is 0.0623. The van der Waals surface area contributed by atoms with E-state index >= 15 is 0 Å². The van der Waals surface area contributed by atoms with Gasteiger partial charge < -0.3 is 10.6 Å². The number of benzene rings is 2. The van der Waals surface area contributed by atoms with Gasteiger partial charge in [-0.1, -0.05) is 23.7 Å². The van der Waals surface area contributed by atoms with Crippen LogP contribution >= 0.6 is 11.6 Å². The Labute approximate surface area is 188 Å². The topological polar surface area (TPSA) is 82.9 Å². The number of azo groups is 1. The molecule has 13 heteroatoms. The second kappa shape index (κ2) is 8.65. The van der Waals surface area contributed by atoms with Crippen molar-refractivity contribution in [2.45, 2.75) is 37.3 Å². The lowest BCUT2D eigenvalue weighted by molar-refractivity contribution is -0.167. The van der Waals surface area contributed by atoms with Gasteiger partial charge in [0.1, 0.15) is 0 Å². The highest BCUT2D eigenvalue weighted by Crippen LogP contribution is 2.39. The molecule has 0 spiro atoms. The molecule has 0 aliphatic carbocycles. The number of hydrogen-bond donors (Lipinski definition) is 2. The molecule has 33 heavy (non-hydrogen) atoms. The van der Waals surface area contributed by atoms with E-state index in [4.69, 9.17) is 11.6 Å². The van der Waals surface area contributed by atoms with Gasteiger partial charge in [-0.25, -0.2) is 0 Å². The molecular formula is C20H15ClF6N4O2. The molecule has 0 bridgehead atoms. The van der Waals surface area contributed by atoms with Crippen molar-refractivity contribution in [2.75, 3.05) is 10.6 Å². The third-order valence-electron chi connectivity index (χ3n) is 4.84. The zero-order chi connectivity index (χ0) is 24.6. The number of alkyl halides is 6. The van der Waals surface area contributed by atoms with Crippen molar-refractivity contribution in [3.8, 4) is 0 Å². The van der Waals surface area contributed by atoms with Gasteiger partial charge in [-0.05, 0) is 42.8 Å². The molecule has 2 aromatic rings. The van der Waals surface area contributed by atoms with Gasteiger partial charge in [0.15, 0.2) is 5.54 Å². The Balaban J connectivity index is 1.68. The van der Waals surface area contributed by atoms with E-state index in [9.17, 15) is 35.9 Å². The van der Waals surface area contributed by atoms with Crippen molar-refractivity contribution in [3.05, 3.63) is 58.6 Å². The van der Waals surface area contributed by atoms with Crippen LogP contribution in [0.1, 0.15) is 30.5 Å². The van der Waals surface area contributed by atoms with E-state index in [-0.39, 0.29) is 17.8 Å². The lowest BCUT2D eigenvalue weighted by atomic mass is 9.91. The number of carbonyl (C=O) groups is 2. The number of nitrogens with zero attached hydrogens (tertiary/aromatic N) is 2. The fourth-order valence-corrected chi connectivity index (χ4v) is 3.28. The van der Waals surface area contributed by atoms with E-state index in [1.54, 1.807) is 5.32 Å². The Morgan fingerprint density at radius 2 is 1.61 bits per heavy atom. The van der Waals surface area contributed by atoms with E-state index in [2.05, 4.69) is 15.5 Å². The smallest absolute Gasteiger partial charge is 0.324 e. The highest BCUT2D eigenvalue weighted by Gasteiger charge is 2.42. The predicted octanol–water partition coefficient (Wildman–Crippen LogP) is 6.15. The minimum atomic E-state index is -5.03. The fraction of sp³-hybridized carbons (Fsp3) is 0.300. The molecule has 0 fully saturated rings. The monoisotopic (exact) mass is 492 g/mol. The number of hydrogen-bond acceptors (Lipinski definition) is 4. The number of anilines is 2. The van der Waals surface area contributed by atoms with Crippen LogP contribution in [0.15, 0.2) is 52.7 Å². The van der Waals surface area contributed by atoms with Crippen LogP contribution in [-0.2, 0) is 15.8 Å². The second-order valence-electron chi connectivity index (χ2n) is 7.43. The maximum absolute atomic E-state index is 13.0. The van der Waals surface area contributed by atoms with Crippen LogP contribution in [0.25, 0.3) is 0 Å². The molecule has 2 aromatic carbocycles. The zero-order valence-electron chi connectivity index (χ0n) is 16.7. The highest BCUT2D eigenvalue weighted by atomic mass is 35.5. The fourth-order valence-electron chi connectivity index (χ4n) is 3.05. The normalized spacial score (nSPS) is 20.5. The van der Waals surface area contributed by atoms with Gasteiger partial charge in [-0.2, -0.15) is 36.6 Å². The molecule has 2 N–H and O–H groups in total. The summed E-state index contributed by atoms with van der Waals surface area (Å²) in [6, 6.07) is 7.66. The summed E-state index contributed by atoms with van der Waals surface area (Å²) in [7, 11) is 0. The number of rotatable bonds is 4. The number of halogens is 7. The van der Waals surface area contributed by atoms with Crippen molar-refractivity contribution in [1.82, 2.24) is 0 Å². The maximum Gasteiger partial charge on any atom is 0.471 e. The first-order valence-corrected chi connectivity index (χ1v) is 9.65. The Morgan fingerprint density at radius 1 is 1.00 bits per heavy atom. The van der Waals surface area contributed by atoms with Crippen LogP contribution in [0.3, 0.4) is 0 Å². The molecule has 1 aliphatic rings. The van der Waals surface area contributed by atoms with E-state index < -0.39 is 46.3 Å². The first kappa shape index (κ1) is 24.5. The van der Waals surface area contributed by atoms with Gasteiger partial charge in [-0.15, -0.1) is 0 Å². The van der Waals surface area contributed by atoms with E-state index in [0.29, 0.717) is 11.6 Å². The largest absolute Gasteiger partial charge is 0.471 e. The van der Waals surface area contributed by atoms with Crippen molar-refractivity contribution in [2.24, 2.45) is 10.2 Å². The standard InChI is InChI=1S/C20H15ClF6N4O2/c1-18(16(32)29-12-6-7-14(21)13(8-12)19(22,23)24)9-15(30-31-18)10-2-4-11(5-3-10)28-17(33)20(25,26)27/h2-8,15H,9H2,1H3,(H,28,33)(H,29,32). The van der Waals surface area contributed by atoms with Crippen LogP contribution in [0.4, 0.5) is 37.7 Å². The van der Waals surface area contributed by atoms with Crippen LogP contribution in [-0.4, -0.2) is 23.5 Å². The van der Waals surface area contributed by atoms with Crippen molar-refractivity contribution in [3.63, 3.8) is 0 Å². The maximum atomic E-state index is 13.0. The summed E-state index contributed by atoms with van der Waals surface area (Å²) in [5, 5.41) is 11.6. The van der Waals surface area contributed by atoms with Crippen LogP contribution in [0.5, 0.6) is 0 Å². The molecule has 3 rings (SSSR count). The van der Waals surface area contributed by atoms with Crippen molar-refractivity contribution < 1.29 is 35.9 Å². The van der Waals surface area contributed by atoms with E-state index in [0.717, 1.165) is 6.07 Å². The lowest BCUT2D eigenvalue weighted by Gasteiger charge is -2.20. The quantitative estimate of drug-likeness (QED) is 0.501. The summed E-state index contributed by atoms with van der Waals surface area (Å²) in [6.45, 7) is 1.45. The summed E-state index contributed by atoms with van der Waals surface area (Å²) < 4.78 is 76.1. The highest BCUT2D eigenvalue weighted by molar-refractivity contribution is 6.31. The molecule has 2 atom stereocenters. The van der Waals surface area contributed by atoms with Crippen LogP contribution < -0.4 is 10.6 Å². The number of nitrogens with one attached hydrogen (secondary N) is 2. The van der Waals surface area contributed by atoms with Gasteiger partial charge >= 0.3 is 18.3 Å². The molecule has 0 saturated carbocycles. The number of amides is 2. The lowest BCUT2D eigenvalue weighted by Crippen LogP contribution is -2.37. The average Bonchev–Trinajstić information content (AvgIpc) is 3.12. The van der Waals surface area contributed by atoms with Gasteiger partial charge in [0.05, 0.1) is 16.6 Å². The SMILES string of the molecule is CC1(C(=O)Nc2ccc(Cl)c(C(F)(F)F)c2)CC(c2ccc(NC(=O)C(F)(F)F)cc2)N=N1. The molecule has 2 amide bonds. The molecule has 1 heterocycles. The minimum Gasteiger partial charge on any atom is -0.324 e. The summed E-state index contributed by atoms with van der Waals surface area (Å²) >= 11 is 5.57. The molecule has 0 saturated heterocycles. The summed E-state index contributed by atoms with van der Waals surface area (Å²) in [5.74, 6) is -2.81. The molecule has 0 aromatic heterocycles. The Bertz CT molecular complexity index is 1100. The predicted molar refractivity (Wildman–Crippen MR) is 107 cm³/mol. The second-order valence-corrected chi connectivity index (χ2v) is 7.84. The molecular weight excluding hydrogens is 478 g/mol. The van der Waals surface area contributed by atoms with Crippen LogP contribution in [0, 0.1) is 0 Å². The molecule has 0 radical (unpaired) electrons. The summed E-state index contributed by atoms with van der Waals surface area (Å²) in [6.07, 6.45) is -9.67. The van der Waals surface area contributed by atoms with E-state index in [1.807, 2.05) is 0 Å². The van der Waals surface area contributed by atoms with Gasteiger partial charge in [0, 0.05) is 17.8 Å². The molecule has 6 nitrogen and oxygen atoms in total. The zero-order valence-corrected chi connectivity index (χ0v) is 17.4. The Hall–Kier alpha value is -3.15. The Kier molecular flexibility index (Phi) is 6.42. The van der Waals surface area contributed by atoms with Gasteiger partial charge in [-0.3, -0.25) is 9.59 Å². The third kappa shape index (κ3) is 5.62. The van der Waals surface area contributed by atoms with Crippen molar-refractivity contribution >= 4 is 34.8 Å². The molecule has 176 valence electrons. The first-order valence-electron chi connectivity index (χ1n) is 9.27. The molecule has 1 aliphatic heterocycles. The van der Waals surface area contributed by atoms with Crippen molar-refractivity contribution in [1.29, 1.82) is 0 Å². The van der Waals surface area contributed by atoms with Gasteiger partial charge in [0.25, 0.3) is 5.91 Å².